The van der Waals surface area contributed by atoms with Crippen LogP contribution in [0.4, 0.5) is 0 Å². The molecule has 2 atom stereocenters. The first-order valence-corrected chi connectivity index (χ1v) is 7.38. The number of ether oxygens (including phenoxy) is 1. The molecule has 0 aromatic carbocycles. The minimum Gasteiger partial charge on any atom is -0.395 e. The summed E-state index contributed by atoms with van der Waals surface area (Å²) in [6, 6.07) is -0.150. The standard InChI is InChI=1S/C14H28N2O3/c1-3-4-5-6-7-16(8-9-17)14(18)13-10-12(19-2)11-15-13/h12-13,15,17H,3-11H2,1-2H3. The van der Waals surface area contributed by atoms with Crippen LogP contribution in [-0.2, 0) is 9.53 Å². The Bertz CT molecular complexity index is 261. The lowest BCUT2D eigenvalue weighted by Gasteiger charge is -2.25. The SMILES string of the molecule is CCCCCCN(CCO)C(=O)C1CC(OC)CN1. The topological polar surface area (TPSA) is 61.8 Å². The average Bonchev–Trinajstić information content (AvgIpc) is 2.90. The molecule has 0 radical (unpaired) electrons. The number of rotatable bonds is 9. The maximum absolute atomic E-state index is 12.4. The fourth-order valence-electron chi connectivity index (χ4n) is 2.47. The van der Waals surface area contributed by atoms with Gasteiger partial charge in [0.05, 0.1) is 18.8 Å². The number of aliphatic hydroxyl groups is 1. The molecule has 1 saturated heterocycles. The fraction of sp³-hybridized carbons (Fsp3) is 0.929. The number of nitrogens with one attached hydrogen (secondary N) is 1. The van der Waals surface area contributed by atoms with Crippen LogP contribution in [0.25, 0.3) is 0 Å². The Morgan fingerprint density at radius 3 is 2.74 bits per heavy atom. The van der Waals surface area contributed by atoms with E-state index in [0.29, 0.717) is 6.54 Å². The van der Waals surface area contributed by atoms with Crippen molar-refractivity contribution in [2.45, 2.75) is 51.2 Å². The number of hydrogen-bond donors (Lipinski definition) is 2. The van der Waals surface area contributed by atoms with Gasteiger partial charge in [-0.15, -0.1) is 0 Å². The van der Waals surface area contributed by atoms with Gasteiger partial charge in [-0.3, -0.25) is 4.79 Å². The van der Waals surface area contributed by atoms with Crippen molar-refractivity contribution in [2.24, 2.45) is 0 Å². The van der Waals surface area contributed by atoms with E-state index in [1.165, 1.54) is 12.8 Å². The smallest absolute Gasteiger partial charge is 0.239 e. The Hall–Kier alpha value is -0.650. The molecule has 0 spiro atoms. The number of nitrogens with zero attached hydrogens (tertiary/aromatic N) is 1. The first kappa shape index (κ1) is 16.4. The van der Waals surface area contributed by atoms with Gasteiger partial charge in [0.2, 0.25) is 5.91 Å². The zero-order valence-electron chi connectivity index (χ0n) is 12.2. The summed E-state index contributed by atoms with van der Waals surface area (Å²) in [5, 5.41) is 12.3. The molecule has 0 saturated carbocycles. The minimum absolute atomic E-state index is 0.0277. The minimum atomic E-state index is -0.150. The molecule has 1 aliphatic heterocycles. The first-order valence-electron chi connectivity index (χ1n) is 7.38. The largest absolute Gasteiger partial charge is 0.395 e. The highest BCUT2D eigenvalue weighted by Gasteiger charge is 2.31. The van der Waals surface area contributed by atoms with Gasteiger partial charge in [0.25, 0.3) is 0 Å². The van der Waals surface area contributed by atoms with Gasteiger partial charge in [-0.05, 0) is 12.8 Å². The molecule has 5 heteroatoms. The molecule has 2 unspecified atom stereocenters. The van der Waals surface area contributed by atoms with Crippen LogP contribution in [0.15, 0.2) is 0 Å². The van der Waals surface area contributed by atoms with Crippen molar-refractivity contribution in [3.05, 3.63) is 0 Å². The summed E-state index contributed by atoms with van der Waals surface area (Å²) in [5.41, 5.74) is 0. The molecular weight excluding hydrogens is 244 g/mol. The van der Waals surface area contributed by atoms with Gasteiger partial charge in [-0.2, -0.15) is 0 Å². The highest BCUT2D eigenvalue weighted by molar-refractivity contribution is 5.82. The molecule has 19 heavy (non-hydrogen) atoms. The van der Waals surface area contributed by atoms with E-state index in [1.54, 1.807) is 12.0 Å². The predicted molar refractivity (Wildman–Crippen MR) is 75.0 cm³/mol. The van der Waals surface area contributed by atoms with Gasteiger partial charge in [0.1, 0.15) is 0 Å². The van der Waals surface area contributed by atoms with Crippen LogP contribution < -0.4 is 5.32 Å². The Morgan fingerprint density at radius 1 is 1.37 bits per heavy atom. The van der Waals surface area contributed by atoms with E-state index in [9.17, 15) is 4.79 Å². The molecule has 1 heterocycles. The summed E-state index contributed by atoms with van der Waals surface area (Å²) in [7, 11) is 1.68. The number of carbonyl (C=O) groups is 1. The van der Waals surface area contributed by atoms with Crippen LogP contribution in [0.3, 0.4) is 0 Å². The molecule has 1 aliphatic rings. The third-order valence-corrected chi connectivity index (χ3v) is 3.69. The fourth-order valence-corrected chi connectivity index (χ4v) is 2.47. The van der Waals surface area contributed by atoms with E-state index in [-0.39, 0.29) is 24.7 Å². The van der Waals surface area contributed by atoms with Gasteiger partial charge in [0.15, 0.2) is 0 Å². The van der Waals surface area contributed by atoms with Crippen LogP contribution in [0.5, 0.6) is 0 Å². The maximum Gasteiger partial charge on any atom is 0.239 e. The molecule has 0 aromatic heterocycles. The van der Waals surface area contributed by atoms with E-state index < -0.39 is 0 Å². The van der Waals surface area contributed by atoms with E-state index >= 15 is 0 Å². The molecular formula is C14H28N2O3. The van der Waals surface area contributed by atoms with Crippen LogP contribution >= 0.6 is 0 Å². The number of hydrogen-bond acceptors (Lipinski definition) is 4. The van der Waals surface area contributed by atoms with Crippen molar-refractivity contribution in [2.75, 3.05) is 33.4 Å². The van der Waals surface area contributed by atoms with Gasteiger partial charge >= 0.3 is 0 Å². The molecule has 112 valence electrons. The van der Waals surface area contributed by atoms with Crippen LogP contribution in [0.1, 0.15) is 39.0 Å². The van der Waals surface area contributed by atoms with Crippen LogP contribution in [0, 0.1) is 0 Å². The summed E-state index contributed by atoms with van der Waals surface area (Å²) in [4.78, 5) is 14.1. The summed E-state index contributed by atoms with van der Waals surface area (Å²) in [5.74, 6) is 0.102. The van der Waals surface area contributed by atoms with E-state index in [0.717, 1.165) is 32.4 Å². The number of unbranched alkanes of at least 4 members (excludes halogenated alkanes) is 3. The maximum atomic E-state index is 12.4. The Kier molecular flexibility index (Phi) is 8.02. The summed E-state index contributed by atoms with van der Waals surface area (Å²) < 4.78 is 5.26. The molecule has 5 nitrogen and oxygen atoms in total. The molecule has 1 amide bonds. The van der Waals surface area contributed by atoms with Gasteiger partial charge in [-0.1, -0.05) is 26.2 Å². The third-order valence-electron chi connectivity index (χ3n) is 3.69. The quantitative estimate of drug-likeness (QED) is 0.609. The van der Waals surface area contributed by atoms with Crippen LogP contribution in [0.2, 0.25) is 0 Å². The van der Waals surface area contributed by atoms with Crippen molar-refractivity contribution >= 4 is 5.91 Å². The highest BCUT2D eigenvalue weighted by atomic mass is 16.5. The number of aliphatic hydroxyl groups excluding tert-OH is 1. The Morgan fingerprint density at radius 2 is 2.16 bits per heavy atom. The molecule has 0 aromatic rings. The molecule has 0 bridgehead atoms. The summed E-state index contributed by atoms with van der Waals surface area (Å²) >= 11 is 0. The first-order chi connectivity index (χ1) is 9.22. The molecule has 0 aliphatic carbocycles. The normalized spacial score (nSPS) is 22.7. The molecule has 1 rings (SSSR count). The van der Waals surface area contributed by atoms with E-state index in [4.69, 9.17) is 9.84 Å². The second kappa shape index (κ2) is 9.28. The highest BCUT2D eigenvalue weighted by Crippen LogP contribution is 2.13. The average molecular weight is 272 g/mol. The van der Waals surface area contributed by atoms with Gasteiger partial charge < -0.3 is 20.1 Å². The molecule has 1 fully saturated rings. The van der Waals surface area contributed by atoms with Crippen molar-refractivity contribution in [3.8, 4) is 0 Å². The lowest BCUT2D eigenvalue weighted by atomic mass is 10.1. The van der Waals surface area contributed by atoms with Crippen LogP contribution in [-0.4, -0.2) is 61.4 Å². The third kappa shape index (κ3) is 5.47. The van der Waals surface area contributed by atoms with E-state index in [2.05, 4.69) is 12.2 Å². The van der Waals surface area contributed by atoms with E-state index in [1.807, 2.05) is 0 Å². The van der Waals surface area contributed by atoms with Crippen molar-refractivity contribution in [1.82, 2.24) is 10.2 Å². The second-order valence-corrected chi connectivity index (χ2v) is 5.16. The number of methoxy groups -OCH3 is 1. The number of amides is 1. The Labute approximate surface area is 116 Å². The zero-order valence-corrected chi connectivity index (χ0v) is 12.2. The van der Waals surface area contributed by atoms with Gasteiger partial charge in [0, 0.05) is 26.7 Å². The molecule has 2 N–H and O–H groups in total. The lowest BCUT2D eigenvalue weighted by molar-refractivity contribution is -0.133. The number of carbonyl (C=O) groups excluding carboxylic acids is 1. The second-order valence-electron chi connectivity index (χ2n) is 5.16. The lowest BCUT2D eigenvalue weighted by Crippen LogP contribution is -2.45. The van der Waals surface area contributed by atoms with Crippen molar-refractivity contribution in [3.63, 3.8) is 0 Å². The van der Waals surface area contributed by atoms with Gasteiger partial charge in [-0.25, -0.2) is 0 Å². The predicted octanol–water partition coefficient (Wildman–Crippen LogP) is 0.765. The van der Waals surface area contributed by atoms with Crippen molar-refractivity contribution < 1.29 is 14.6 Å². The summed E-state index contributed by atoms with van der Waals surface area (Å²) in [6.07, 6.45) is 5.41. The Balaban J connectivity index is 2.39. The summed E-state index contributed by atoms with van der Waals surface area (Å²) in [6.45, 7) is 4.11. The van der Waals surface area contributed by atoms with Crippen molar-refractivity contribution in [1.29, 1.82) is 0 Å². The zero-order chi connectivity index (χ0) is 14.1. The monoisotopic (exact) mass is 272 g/mol.